The molecule has 2 aromatic rings. The van der Waals surface area contributed by atoms with Crippen molar-refractivity contribution in [1.29, 1.82) is 0 Å². The van der Waals surface area contributed by atoms with E-state index < -0.39 is 6.10 Å². The van der Waals surface area contributed by atoms with Crippen LogP contribution in [0.15, 0.2) is 42.6 Å². The number of rotatable bonds is 2. The summed E-state index contributed by atoms with van der Waals surface area (Å²) in [6, 6.07) is 11.0. The second-order valence-electron chi connectivity index (χ2n) is 4.97. The lowest BCUT2D eigenvalue weighted by Crippen LogP contribution is -2.46. The molecule has 0 radical (unpaired) electrons. The molecular formula is C16H16N2O3. The number of carbonyl (C=O) groups excluding carboxylic acids is 1. The second kappa shape index (κ2) is 5.44. The molecule has 0 saturated heterocycles. The summed E-state index contributed by atoms with van der Waals surface area (Å²) in [4.78, 5) is 16.5. The van der Waals surface area contributed by atoms with Crippen LogP contribution in [-0.4, -0.2) is 23.1 Å². The molecule has 5 heteroatoms. The SMILES string of the molecule is Cc1cccnc1NC(=O)C1Oc2ccccc2OC1C. The first-order valence-corrected chi connectivity index (χ1v) is 6.80. The maximum absolute atomic E-state index is 12.4. The lowest BCUT2D eigenvalue weighted by molar-refractivity contribution is -0.128. The number of hydrogen-bond acceptors (Lipinski definition) is 4. The lowest BCUT2D eigenvalue weighted by Gasteiger charge is -2.30. The summed E-state index contributed by atoms with van der Waals surface area (Å²) >= 11 is 0. The minimum absolute atomic E-state index is 0.265. The van der Waals surface area contributed by atoms with Gasteiger partial charge in [-0.1, -0.05) is 18.2 Å². The molecule has 0 bridgehead atoms. The van der Waals surface area contributed by atoms with E-state index in [1.807, 2.05) is 44.2 Å². The highest BCUT2D eigenvalue weighted by molar-refractivity contribution is 5.94. The Hall–Kier alpha value is -2.56. The minimum Gasteiger partial charge on any atom is -0.482 e. The van der Waals surface area contributed by atoms with Crippen LogP contribution in [0.2, 0.25) is 0 Å². The van der Waals surface area contributed by atoms with Crippen LogP contribution in [0.1, 0.15) is 12.5 Å². The first-order valence-electron chi connectivity index (χ1n) is 6.80. The number of nitrogens with one attached hydrogen (secondary N) is 1. The molecule has 0 aliphatic carbocycles. The summed E-state index contributed by atoms with van der Waals surface area (Å²) in [6.07, 6.45) is 0.560. The van der Waals surface area contributed by atoms with Crippen molar-refractivity contribution < 1.29 is 14.3 Å². The van der Waals surface area contributed by atoms with Crippen molar-refractivity contribution in [2.45, 2.75) is 26.1 Å². The van der Waals surface area contributed by atoms with Gasteiger partial charge < -0.3 is 14.8 Å². The van der Waals surface area contributed by atoms with E-state index in [4.69, 9.17) is 9.47 Å². The van der Waals surface area contributed by atoms with Gasteiger partial charge in [0.25, 0.3) is 5.91 Å². The quantitative estimate of drug-likeness (QED) is 0.920. The topological polar surface area (TPSA) is 60.5 Å². The Labute approximate surface area is 122 Å². The Morgan fingerprint density at radius 3 is 2.57 bits per heavy atom. The fourth-order valence-electron chi connectivity index (χ4n) is 2.21. The van der Waals surface area contributed by atoms with E-state index in [2.05, 4.69) is 10.3 Å². The summed E-state index contributed by atoms with van der Waals surface area (Å²) in [5.41, 5.74) is 0.899. The van der Waals surface area contributed by atoms with Gasteiger partial charge in [-0.15, -0.1) is 0 Å². The summed E-state index contributed by atoms with van der Waals surface area (Å²) < 4.78 is 11.5. The number of amides is 1. The van der Waals surface area contributed by atoms with E-state index in [1.165, 1.54) is 0 Å². The van der Waals surface area contributed by atoms with Crippen molar-refractivity contribution in [2.24, 2.45) is 0 Å². The van der Waals surface area contributed by atoms with Crippen molar-refractivity contribution in [3.05, 3.63) is 48.2 Å². The number of carbonyl (C=O) groups is 1. The number of aromatic nitrogens is 1. The average Bonchev–Trinajstić information content (AvgIpc) is 2.49. The van der Waals surface area contributed by atoms with E-state index in [-0.39, 0.29) is 12.0 Å². The van der Waals surface area contributed by atoms with E-state index in [0.29, 0.717) is 17.3 Å². The lowest BCUT2D eigenvalue weighted by atomic mass is 10.1. The molecule has 1 N–H and O–H groups in total. The van der Waals surface area contributed by atoms with Crippen molar-refractivity contribution in [3.63, 3.8) is 0 Å². The second-order valence-corrected chi connectivity index (χ2v) is 4.97. The molecule has 2 heterocycles. The maximum Gasteiger partial charge on any atom is 0.270 e. The molecule has 21 heavy (non-hydrogen) atoms. The highest BCUT2D eigenvalue weighted by Crippen LogP contribution is 2.33. The fraction of sp³-hybridized carbons (Fsp3) is 0.250. The number of nitrogens with zero attached hydrogens (tertiary/aromatic N) is 1. The van der Waals surface area contributed by atoms with Gasteiger partial charge in [0.05, 0.1) is 0 Å². The highest BCUT2D eigenvalue weighted by atomic mass is 16.6. The molecule has 5 nitrogen and oxygen atoms in total. The number of pyridine rings is 1. The van der Waals surface area contributed by atoms with Gasteiger partial charge >= 0.3 is 0 Å². The highest BCUT2D eigenvalue weighted by Gasteiger charge is 2.34. The van der Waals surface area contributed by atoms with Gasteiger partial charge in [0, 0.05) is 6.20 Å². The van der Waals surface area contributed by atoms with Crippen LogP contribution in [-0.2, 0) is 4.79 Å². The Balaban J connectivity index is 1.78. The number of para-hydroxylation sites is 2. The van der Waals surface area contributed by atoms with Gasteiger partial charge in [0.2, 0.25) is 6.10 Å². The van der Waals surface area contributed by atoms with Crippen LogP contribution in [0, 0.1) is 6.92 Å². The van der Waals surface area contributed by atoms with Gasteiger partial charge in [-0.3, -0.25) is 4.79 Å². The predicted molar refractivity (Wildman–Crippen MR) is 78.6 cm³/mol. The molecular weight excluding hydrogens is 268 g/mol. The van der Waals surface area contributed by atoms with Gasteiger partial charge in [-0.25, -0.2) is 4.98 Å². The molecule has 1 aliphatic rings. The fourth-order valence-corrected chi connectivity index (χ4v) is 2.21. The van der Waals surface area contributed by atoms with Crippen LogP contribution < -0.4 is 14.8 Å². The van der Waals surface area contributed by atoms with E-state index in [1.54, 1.807) is 12.3 Å². The largest absolute Gasteiger partial charge is 0.482 e. The van der Waals surface area contributed by atoms with Crippen LogP contribution in [0.4, 0.5) is 5.82 Å². The molecule has 1 aromatic heterocycles. The zero-order chi connectivity index (χ0) is 14.8. The Morgan fingerprint density at radius 2 is 1.86 bits per heavy atom. The van der Waals surface area contributed by atoms with Crippen LogP contribution in [0.25, 0.3) is 0 Å². The first kappa shape index (κ1) is 13.4. The molecule has 3 rings (SSSR count). The first-order chi connectivity index (χ1) is 10.1. The van der Waals surface area contributed by atoms with Crippen LogP contribution in [0.3, 0.4) is 0 Å². The third-order valence-electron chi connectivity index (χ3n) is 3.35. The van der Waals surface area contributed by atoms with Gasteiger partial charge in [0.1, 0.15) is 11.9 Å². The molecule has 0 fully saturated rings. The summed E-state index contributed by atoms with van der Waals surface area (Å²) in [6.45, 7) is 3.70. The van der Waals surface area contributed by atoms with Crippen molar-refractivity contribution in [2.75, 3.05) is 5.32 Å². The van der Waals surface area contributed by atoms with Crippen LogP contribution >= 0.6 is 0 Å². The van der Waals surface area contributed by atoms with E-state index in [9.17, 15) is 4.79 Å². The van der Waals surface area contributed by atoms with Crippen molar-refractivity contribution in [1.82, 2.24) is 4.98 Å². The molecule has 2 atom stereocenters. The summed E-state index contributed by atoms with van der Waals surface area (Å²) in [5, 5.41) is 2.79. The molecule has 108 valence electrons. The van der Waals surface area contributed by atoms with Crippen LogP contribution in [0.5, 0.6) is 11.5 Å². The molecule has 1 aliphatic heterocycles. The maximum atomic E-state index is 12.4. The smallest absolute Gasteiger partial charge is 0.270 e. The normalized spacial score (nSPS) is 19.9. The third-order valence-corrected chi connectivity index (χ3v) is 3.35. The number of benzene rings is 1. The van der Waals surface area contributed by atoms with Gasteiger partial charge in [-0.2, -0.15) is 0 Å². The number of hydrogen-bond donors (Lipinski definition) is 1. The minimum atomic E-state index is -0.707. The van der Waals surface area contributed by atoms with Gasteiger partial charge in [0.15, 0.2) is 11.5 Å². The molecule has 2 unspecified atom stereocenters. The summed E-state index contributed by atoms with van der Waals surface area (Å²) in [7, 11) is 0. The van der Waals surface area contributed by atoms with Crippen molar-refractivity contribution >= 4 is 11.7 Å². The van der Waals surface area contributed by atoms with E-state index in [0.717, 1.165) is 5.56 Å². The Kier molecular flexibility index (Phi) is 3.48. The molecule has 0 saturated carbocycles. The third kappa shape index (κ3) is 2.67. The van der Waals surface area contributed by atoms with Gasteiger partial charge in [-0.05, 0) is 37.6 Å². The molecule has 0 spiro atoms. The number of anilines is 1. The van der Waals surface area contributed by atoms with E-state index >= 15 is 0 Å². The summed E-state index contributed by atoms with van der Waals surface area (Å²) in [5.74, 6) is 1.51. The standard InChI is InChI=1S/C16H16N2O3/c1-10-6-5-9-17-15(10)18-16(19)14-11(2)20-12-7-3-4-8-13(12)21-14/h3-9,11,14H,1-2H3,(H,17,18,19). The average molecular weight is 284 g/mol. The molecule has 1 amide bonds. The number of aryl methyl sites for hydroxylation is 1. The molecule has 1 aromatic carbocycles. The Morgan fingerprint density at radius 1 is 1.14 bits per heavy atom. The number of fused-ring (bicyclic) bond motifs is 1. The predicted octanol–water partition coefficient (Wildman–Crippen LogP) is 2.56. The monoisotopic (exact) mass is 284 g/mol. The number of ether oxygens (including phenoxy) is 2. The Bertz CT molecular complexity index is 672. The van der Waals surface area contributed by atoms with Crippen molar-refractivity contribution in [3.8, 4) is 11.5 Å². The zero-order valence-corrected chi connectivity index (χ0v) is 11.9. The zero-order valence-electron chi connectivity index (χ0n) is 11.9.